The van der Waals surface area contributed by atoms with E-state index in [0.29, 0.717) is 40.3 Å². The summed E-state index contributed by atoms with van der Waals surface area (Å²) in [6.45, 7) is 0.914. The van der Waals surface area contributed by atoms with E-state index >= 15 is 0 Å². The molecule has 2 aromatic rings. The van der Waals surface area contributed by atoms with E-state index in [1.165, 1.54) is 7.11 Å². The molecule has 0 saturated carbocycles. The number of fused-ring (bicyclic) bond motifs is 1. The number of hydrogen-bond acceptors (Lipinski definition) is 3. The number of anilines is 1. The quantitative estimate of drug-likeness (QED) is 0.830. The van der Waals surface area contributed by atoms with Gasteiger partial charge in [-0.25, -0.2) is 0 Å². The van der Waals surface area contributed by atoms with Gasteiger partial charge in [0.1, 0.15) is 12.4 Å². The number of benzene rings is 2. The summed E-state index contributed by atoms with van der Waals surface area (Å²) in [5.41, 5.74) is 1.15. The lowest BCUT2D eigenvalue weighted by Crippen LogP contribution is -2.37. The van der Waals surface area contributed by atoms with Crippen LogP contribution in [0.1, 0.15) is 10.4 Å². The second kappa shape index (κ2) is 6.07. The zero-order valence-electron chi connectivity index (χ0n) is 11.8. The molecule has 0 saturated heterocycles. The summed E-state index contributed by atoms with van der Waals surface area (Å²) >= 11 is 12.2. The van der Waals surface area contributed by atoms with Gasteiger partial charge in [-0.05, 0) is 24.3 Å². The number of para-hydroxylation sites is 2. The van der Waals surface area contributed by atoms with Crippen molar-refractivity contribution < 1.29 is 14.3 Å². The smallest absolute Gasteiger partial charge is 0.258 e. The predicted molar refractivity (Wildman–Crippen MR) is 86.6 cm³/mol. The van der Waals surface area contributed by atoms with Gasteiger partial charge < -0.3 is 14.4 Å². The highest BCUT2D eigenvalue weighted by Gasteiger charge is 2.25. The molecule has 0 atom stereocenters. The highest BCUT2D eigenvalue weighted by Crippen LogP contribution is 2.36. The summed E-state index contributed by atoms with van der Waals surface area (Å²) in [7, 11) is 1.48. The van der Waals surface area contributed by atoms with Crippen LogP contribution >= 0.6 is 23.2 Å². The monoisotopic (exact) mass is 337 g/mol. The van der Waals surface area contributed by atoms with Crippen LogP contribution in [0.2, 0.25) is 10.0 Å². The maximum Gasteiger partial charge on any atom is 0.258 e. The molecule has 0 radical (unpaired) electrons. The first kappa shape index (κ1) is 15.0. The minimum Gasteiger partial charge on any atom is -0.494 e. The fourth-order valence-corrected chi connectivity index (χ4v) is 3.06. The first-order chi connectivity index (χ1) is 10.6. The minimum atomic E-state index is -0.179. The Morgan fingerprint density at radius 2 is 1.91 bits per heavy atom. The van der Waals surface area contributed by atoms with Crippen molar-refractivity contribution in [1.29, 1.82) is 0 Å². The Balaban J connectivity index is 1.99. The van der Waals surface area contributed by atoms with Crippen LogP contribution < -0.4 is 14.4 Å². The fraction of sp³-hybridized carbons (Fsp3) is 0.188. The van der Waals surface area contributed by atoms with Crippen molar-refractivity contribution in [3.8, 4) is 11.5 Å². The summed E-state index contributed by atoms with van der Waals surface area (Å²) in [5, 5.41) is 0.611. The van der Waals surface area contributed by atoms with Gasteiger partial charge in [0.15, 0.2) is 5.75 Å². The molecule has 0 aromatic heterocycles. The number of halogens is 2. The molecule has 22 heavy (non-hydrogen) atoms. The molecular weight excluding hydrogens is 325 g/mol. The molecule has 2 aromatic carbocycles. The average molecular weight is 338 g/mol. The molecule has 0 unspecified atom stereocenters. The first-order valence-corrected chi connectivity index (χ1v) is 7.44. The van der Waals surface area contributed by atoms with E-state index in [-0.39, 0.29) is 5.91 Å². The van der Waals surface area contributed by atoms with Gasteiger partial charge in [-0.15, -0.1) is 0 Å². The third-order valence-electron chi connectivity index (χ3n) is 3.42. The molecule has 1 aliphatic rings. The lowest BCUT2D eigenvalue weighted by Gasteiger charge is -2.29. The molecule has 114 valence electrons. The van der Waals surface area contributed by atoms with E-state index in [1.807, 2.05) is 24.3 Å². The van der Waals surface area contributed by atoms with Crippen molar-refractivity contribution in [3.05, 3.63) is 52.0 Å². The van der Waals surface area contributed by atoms with Gasteiger partial charge in [0.2, 0.25) is 0 Å². The Bertz CT molecular complexity index is 710. The number of methoxy groups -OCH3 is 1. The second-order valence-electron chi connectivity index (χ2n) is 4.75. The van der Waals surface area contributed by atoms with Gasteiger partial charge in [-0.3, -0.25) is 4.79 Å². The molecule has 6 heteroatoms. The highest BCUT2D eigenvalue weighted by atomic mass is 35.5. The number of carbonyl (C=O) groups excluding carboxylic acids is 1. The molecule has 0 spiro atoms. The first-order valence-electron chi connectivity index (χ1n) is 6.68. The van der Waals surface area contributed by atoms with E-state index in [0.717, 1.165) is 5.69 Å². The lowest BCUT2D eigenvalue weighted by atomic mass is 10.1. The van der Waals surface area contributed by atoms with Gasteiger partial charge in [0.25, 0.3) is 5.91 Å². The third-order valence-corrected chi connectivity index (χ3v) is 3.98. The van der Waals surface area contributed by atoms with Crippen LogP contribution in [0.25, 0.3) is 0 Å². The summed E-state index contributed by atoms with van der Waals surface area (Å²) in [6, 6.07) is 10.5. The summed E-state index contributed by atoms with van der Waals surface area (Å²) in [4.78, 5) is 14.4. The van der Waals surface area contributed by atoms with Crippen LogP contribution in [-0.2, 0) is 0 Å². The predicted octanol–water partition coefficient (Wildman–Crippen LogP) is 4.04. The summed E-state index contributed by atoms with van der Waals surface area (Å²) in [6.07, 6.45) is 0. The second-order valence-corrected chi connectivity index (χ2v) is 5.56. The normalized spacial score (nSPS) is 13.3. The van der Waals surface area contributed by atoms with Crippen LogP contribution in [0.3, 0.4) is 0 Å². The van der Waals surface area contributed by atoms with Crippen molar-refractivity contribution >= 4 is 34.8 Å². The summed E-state index contributed by atoms with van der Waals surface area (Å²) < 4.78 is 10.7. The van der Waals surface area contributed by atoms with Crippen LogP contribution in [-0.4, -0.2) is 26.2 Å². The van der Waals surface area contributed by atoms with Gasteiger partial charge in [0, 0.05) is 5.56 Å². The molecular formula is C16H13Cl2NO3. The van der Waals surface area contributed by atoms with E-state index in [2.05, 4.69) is 0 Å². The van der Waals surface area contributed by atoms with Crippen LogP contribution in [0.5, 0.6) is 11.5 Å². The highest BCUT2D eigenvalue weighted by molar-refractivity contribution is 6.37. The van der Waals surface area contributed by atoms with Crippen LogP contribution in [0, 0.1) is 0 Å². The van der Waals surface area contributed by atoms with E-state index < -0.39 is 0 Å². The largest absolute Gasteiger partial charge is 0.494 e. The van der Waals surface area contributed by atoms with Crippen LogP contribution in [0.4, 0.5) is 5.69 Å². The maximum absolute atomic E-state index is 12.8. The Kier molecular flexibility index (Phi) is 4.14. The Hall–Kier alpha value is -1.91. The standard InChI is InChI=1S/C16H13Cl2NO3/c1-21-15-11(17)8-10(9-12(15)18)16(20)19-6-7-22-14-5-3-2-4-13(14)19/h2-5,8-9H,6-7H2,1H3. The molecule has 1 aliphatic heterocycles. The fourth-order valence-electron chi connectivity index (χ4n) is 2.41. The van der Waals surface area contributed by atoms with E-state index in [4.69, 9.17) is 32.7 Å². The molecule has 0 N–H and O–H groups in total. The number of amides is 1. The molecule has 0 aliphatic carbocycles. The Morgan fingerprint density at radius 1 is 1.23 bits per heavy atom. The van der Waals surface area contributed by atoms with Crippen molar-refractivity contribution in [2.75, 3.05) is 25.2 Å². The zero-order chi connectivity index (χ0) is 15.7. The number of hydrogen-bond donors (Lipinski definition) is 0. The van der Waals surface area contributed by atoms with E-state index in [9.17, 15) is 4.79 Å². The van der Waals surface area contributed by atoms with Gasteiger partial charge in [-0.1, -0.05) is 35.3 Å². The van der Waals surface area contributed by atoms with Crippen molar-refractivity contribution in [2.24, 2.45) is 0 Å². The van der Waals surface area contributed by atoms with Crippen molar-refractivity contribution in [1.82, 2.24) is 0 Å². The Labute approximate surface area is 138 Å². The number of nitrogens with zero attached hydrogens (tertiary/aromatic N) is 1. The van der Waals surface area contributed by atoms with Gasteiger partial charge in [0.05, 0.1) is 29.4 Å². The minimum absolute atomic E-state index is 0.179. The summed E-state index contributed by atoms with van der Waals surface area (Å²) in [5.74, 6) is 0.872. The molecule has 3 rings (SSSR count). The number of rotatable bonds is 2. The number of carbonyl (C=O) groups is 1. The molecule has 1 heterocycles. The SMILES string of the molecule is COc1c(Cl)cc(C(=O)N2CCOc3ccccc32)cc1Cl. The van der Waals surface area contributed by atoms with Crippen molar-refractivity contribution in [3.63, 3.8) is 0 Å². The average Bonchev–Trinajstić information content (AvgIpc) is 2.53. The Morgan fingerprint density at radius 3 is 2.59 bits per heavy atom. The number of ether oxygens (including phenoxy) is 2. The lowest BCUT2D eigenvalue weighted by molar-refractivity contribution is 0.0976. The molecule has 1 amide bonds. The van der Waals surface area contributed by atoms with Gasteiger partial charge in [-0.2, -0.15) is 0 Å². The topological polar surface area (TPSA) is 38.8 Å². The van der Waals surface area contributed by atoms with Gasteiger partial charge >= 0.3 is 0 Å². The molecule has 4 nitrogen and oxygen atoms in total. The van der Waals surface area contributed by atoms with E-state index in [1.54, 1.807) is 17.0 Å². The van der Waals surface area contributed by atoms with Crippen molar-refractivity contribution in [2.45, 2.75) is 0 Å². The third kappa shape index (κ3) is 2.60. The zero-order valence-corrected chi connectivity index (χ0v) is 13.3. The molecule has 0 bridgehead atoms. The van der Waals surface area contributed by atoms with Crippen LogP contribution in [0.15, 0.2) is 36.4 Å². The molecule has 0 fully saturated rings. The maximum atomic E-state index is 12.8.